The second kappa shape index (κ2) is 13.0. The first-order chi connectivity index (χ1) is 18.2. The van der Waals surface area contributed by atoms with Gasteiger partial charge in [0.05, 0.1) is 26.4 Å². The van der Waals surface area contributed by atoms with Crippen molar-refractivity contribution in [1.29, 1.82) is 5.41 Å². The number of nitrogens with one attached hydrogen (secondary N) is 1. The quantitative estimate of drug-likeness (QED) is 0.294. The van der Waals surface area contributed by atoms with Gasteiger partial charge in [0, 0.05) is 28.2 Å². The van der Waals surface area contributed by atoms with Gasteiger partial charge in [0.25, 0.3) is 0 Å². The number of hydrogen-bond donors (Lipinski definition) is 2. The molecule has 222 valence electrons. The van der Waals surface area contributed by atoms with E-state index in [1.54, 1.807) is 13.2 Å². The zero-order valence-corrected chi connectivity index (χ0v) is 25.9. The molecule has 0 unspecified atom stereocenters. The first kappa shape index (κ1) is 33.1. The third-order valence-electron chi connectivity index (χ3n) is 6.68. The molecule has 2 heterocycles. The van der Waals surface area contributed by atoms with Gasteiger partial charge in [-0.15, -0.1) is 22.6 Å². The van der Waals surface area contributed by atoms with Gasteiger partial charge in [-0.2, -0.15) is 4.52 Å². The molecule has 0 fully saturated rings. The number of nitrogens with zero attached hydrogens (tertiary/aromatic N) is 4. The van der Waals surface area contributed by atoms with Crippen molar-refractivity contribution in [1.82, 2.24) is 19.4 Å². The number of benzene rings is 1. The van der Waals surface area contributed by atoms with E-state index in [1.165, 1.54) is 9.20 Å². The summed E-state index contributed by atoms with van der Waals surface area (Å²) in [6.07, 6.45) is 1.73. The zero-order chi connectivity index (χ0) is 29.1. The Labute approximate surface area is 242 Å². The zero-order valence-electron chi connectivity index (χ0n) is 25.1. The molecule has 10 nitrogen and oxygen atoms in total. The van der Waals surface area contributed by atoms with Crippen molar-refractivity contribution in [3.63, 3.8) is 0 Å². The van der Waals surface area contributed by atoms with Gasteiger partial charge in [0.1, 0.15) is 6.54 Å². The summed E-state index contributed by atoms with van der Waals surface area (Å²) in [5.41, 5.74) is 1.69. The lowest BCUT2D eigenvalue weighted by Gasteiger charge is -2.27. The molecular weight excluding hydrogens is 534 g/mol. The highest BCUT2D eigenvalue weighted by molar-refractivity contribution is 5.97. The van der Waals surface area contributed by atoms with Crippen molar-refractivity contribution in [2.45, 2.75) is 86.3 Å². The first-order valence-corrected chi connectivity index (χ1v) is 13.4. The highest BCUT2D eigenvalue weighted by Gasteiger charge is 2.27. The van der Waals surface area contributed by atoms with Crippen LogP contribution in [-0.4, -0.2) is 56.7 Å². The molecule has 0 saturated carbocycles. The number of aliphatic hydroxyl groups excluding tert-OH is 1. The van der Waals surface area contributed by atoms with Gasteiger partial charge in [-0.05, 0) is 37.3 Å². The van der Waals surface area contributed by atoms with Gasteiger partial charge >= 0.3 is 0 Å². The molecule has 3 rings (SSSR count). The van der Waals surface area contributed by atoms with Crippen molar-refractivity contribution < 1.29 is 24.1 Å². The van der Waals surface area contributed by atoms with Gasteiger partial charge in [-0.1, -0.05) is 48.5 Å². The Kier molecular flexibility index (Phi) is 10.8. The fraction of sp³-hybridized carbons (Fsp3) is 0.586. The van der Waals surface area contributed by atoms with Crippen LogP contribution in [0.3, 0.4) is 0 Å². The van der Waals surface area contributed by atoms with Gasteiger partial charge in [0.2, 0.25) is 11.5 Å². The third-order valence-corrected chi connectivity index (χ3v) is 6.68. The van der Waals surface area contributed by atoms with E-state index >= 15 is 0 Å². The Balaban J connectivity index is 0.00000560. The Morgan fingerprint density at radius 3 is 2.30 bits per heavy atom. The number of methoxy groups -OCH3 is 1. The molecule has 0 atom stereocenters. The van der Waals surface area contributed by atoms with Crippen molar-refractivity contribution >= 4 is 23.8 Å². The number of aromatic nitrogens is 4. The van der Waals surface area contributed by atoms with Gasteiger partial charge in [0.15, 0.2) is 22.9 Å². The predicted octanol–water partition coefficient (Wildman–Crippen LogP) is 4.89. The lowest BCUT2D eigenvalue weighted by Crippen LogP contribution is -2.27. The maximum atomic E-state index is 13.6. The second-order valence-electron chi connectivity index (χ2n) is 11.8. The molecule has 11 heteroatoms. The standard InChI is InChI=1S/C29H43N5O5.ClH/c1-10-20(11-2)39-24-12-18(3)26-32-33(27(30)34(26)31-24)15-22(36)19-13-21(28(4,5)6)25(37-9)23(14-19)38-17-29(7,8)16-35;/h12-14,20,30,35H,10-11,15-17H2,1-9H3;1H. The molecule has 0 radical (unpaired) electrons. The van der Waals surface area contributed by atoms with E-state index in [1.807, 2.05) is 53.7 Å². The molecule has 0 aliphatic rings. The van der Waals surface area contributed by atoms with Crippen LogP contribution >= 0.6 is 12.4 Å². The lowest BCUT2D eigenvalue weighted by atomic mass is 9.84. The molecule has 2 N–H and O–H groups in total. The predicted molar refractivity (Wildman–Crippen MR) is 156 cm³/mol. The van der Waals surface area contributed by atoms with E-state index in [4.69, 9.17) is 19.6 Å². The largest absolute Gasteiger partial charge is 0.493 e. The van der Waals surface area contributed by atoms with E-state index in [2.05, 4.69) is 24.0 Å². The topological polar surface area (TPSA) is 124 Å². The number of fused-ring (bicyclic) bond motifs is 1. The number of halogens is 1. The van der Waals surface area contributed by atoms with E-state index in [0.29, 0.717) is 28.6 Å². The minimum Gasteiger partial charge on any atom is -0.493 e. The molecule has 1 aromatic carbocycles. The van der Waals surface area contributed by atoms with Crippen LogP contribution in [0.25, 0.3) is 5.65 Å². The minimum absolute atomic E-state index is 0. The monoisotopic (exact) mass is 577 g/mol. The number of ether oxygens (including phenoxy) is 3. The fourth-order valence-electron chi connectivity index (χ4n) is 4.11. The average molecular weight is 578 g/mol. The normalized spacial score (nSPS) is 12.0. The SMILES string of the molecule is CCC(CC)Oc1cc(C)c2nn(CC(=O)c3cc(OCC(C)(C)CO)c(OC)c(C(C)(C)C)c3)c(=N)n2n1.Cl. The van der Waals surface area contributed by atoms with Gasteiger partial charge < -0.3 is 19.3 Å². The van der Waals surface area contributed by atoms with E-state index in [9.17, 15) is 9.90 Å². The highest BCUT2D eigenvalue weighted by atomic mass is 35.5. The number of rotatable bonds is 12. The molecule has 0 saturated heterocycles. The Hall–Kier alpha value is -3.11. The summed E-state index contributed by atoms with van der Waals surface area (Å²) in [5.74, 6) is 1.18. The van der Waals surface area contributed by atoms with Crippen LogP contribution in [-0.2, 0) is 12.0 Å². The molecule has 0 amide bonds. The van der Waals surface area contributed by atoms with Crippen LogP contribution in [0.2, 0.25) is 0 Å². The number of ketones is 1. The van der Waals surface area contributed by atoms with Gasteiger partial charge in [-0.25, -0.2) is 4.68 Å². The molecule has 0 bridgehead atoms. The second-order valence-corrected chi connectivity index (χ2v) is 11.8. The maximum Gasteiger partial charge on any atom is 0.242 e. The summed E-state index contributed by atoms with van der Waals surface area (Å²) < 4.78 is 20.5. The Morgan fingerprint density at radius 2 is 1.75 bits per heavy atom. The number of Topliss-reactive ketones (excluding diaryl/α,β-unsaturated/α-hetero) is 1. The molecule has 0 spiro atoms. The first-order valence-electron chi connectivity index (χ1n) is 13.4. The number of carbonyl (C=O) groups is 1. The fourth-order valence-corrected chi connectivity index (χ4v) is 4.11. The number of aryl methyl sites for hydroxylation is 1. The molecule has 2 aromatic heterocycles. The molecule has 3 aromatic rings. The van der Waals surface area contributed by atoms with E-state index < -0.39 is 5.41 Å². The van der Waals surface area contributed by atoms with Crippen molar-refractivity contribution in [3.8, 4) is 17.4 Å². The van der Waals surface area contributed by atoms with Crippen LogP contribution in [0.4, 0.5) is 0 Å². The summed E-state index contributed by atoms with van der Waals surface area (Å²) in [6.45, 7) is 15.9. The Morgan fingerprint density at radius 1 is 1.10 bits per heavy atom. The number of aliphatic hydroxyl groups is 1. The number of carbonyl (C=O) groups excluding carboxylic acids is 1. The Bertz CT molecular complexity index is 1390. The molecule has 0 aliphatic carbocycles. The molecular formula is C29H44ClN5O5. The average Bonchev–Trinajstić information content (AvgIpc) is 3.20. The van der Waals surface area contributed by atoms with Crippen LogP contribution < -0.4 is 19.8 Å². The van der Waals surface area contributed by atoms with Crippen LogP contribution in [0.15, 0.2) is 18.2 Å². The van der Waals surface area contributed by atoms with Crippen LogP contribution in [0, 0.1) is 17.7 Å². The summed E-state index contributed by atoms with van der Waals surface area (Å²) in [5, 5.41) is 27.3. The van der Waals surface area contributed by atoms with E-state index in [0.717, 1.165) is 24.0 Å². The highest BCUT2D eigenvalue weighted by Crippen LogP contribution is 2.40. The summed E-state index contributed by atoms with van der Waals surface area (Å²) in [4.78, 5) is 13.6. The maximum absolute atomic E-state index is 13.6. The molecule has 40 heavy (non-hydrogen) atoms. The summed E-state index contributed by atoms with van der Waals surface area (Å²) in [6, 6.07) is 5.29. The van der Waals surface area contributed by atoms with Crippen LogP contribution in [0.5, 0.6) is 17.4 Å². The summed E-state index contributed by atoms with van der Waals surface area (Å²) in [7, 11) is 1.57. The van der Waals surface area contributed by atoms with Crippen molar-refractivity contribution in [2.24, 2.45) is 5.41 Å². The van der Waals surface area contributed by atoms with Crippen molar-refractivity contribution in [2.75, 3.05) is 20.3 Å². The minimum atomic E-state index is -0.471. The smallest absolute Gasteiger partial charge is 0.242 e. The van der Waals surface area contributed by atoms with Gasteiger partial charge in [-0.3, -0.25) is 10.2 Å². The molecule has 0 aliphatic heterocycles. The lowest BCUT2D eigenvalue weighted by molar-refractivity contribution is 0.0941. The summed E-state index contributed by atoms with van der Waals surface area (Å²) >= 11 is 0. The van der Waals surface area contributed by atoms with Crippen LogP contribution in [0.1, 0.15) is 82.8 Å². The number of hydrogen-bond acceptors (Lipinski definition) is 8. The van der Waals surface area contributed by atoms with Crippen molar-refractivity contribution in [3.05, 3.63) is 40.5 Å². The van der Waals surface area contributed by atoms with E-state index in [-0.39, 0.29) is 55.1 Å². The third kappa shape index (κ3) is 7.34.